The van der Waals surface area contributed by atoms with E-state index in [1.54, 1.807) is 31.2 Å². The number of ether oxygens (including phenoxy) is 1. The second-order valence-electron chi connectivity index (χ2n) is 7.95. The molecule has 0 radical (unpaired) electrons. The number of rotatable bonds is 8. The number of carbonyl (C=O) groups excluding carboxylic acids is 1. The number of methoxy groups -OCH3 is 1. The first kappa shape index (κ1) is 23.3. The van der Waals surface area contributed by atoms with Crippen molar-refractivity contribution in [1.29, 1.82) is 0 Å². The fourth-order valence-corrected chi connectivity index (χ4v) is 3.69. The van der Waals surface area contributed by atoms with Crippen molar-refractivity contribution >= 4 is 16.9 Å². The van der Waals surface area contributed by atoms with Crippen LogP contribution in [-0.2, 0) is 16.0 Å². The van der Waals surface area contributed by atoms with Gasteiger partial charge < -0.3 is 14.4 Å². The fraction of sp³-hybridized carbons (Fsp3) is 0.280. The maximum Gasteiger partial charge on any atom is 0.305 e. The quantitative estimate of drug-likeness (QED) is 0.308. The molecule has 1 atom stereocenters. The molecule has 8 nitrogen and oxygen atoms in total. The number of aromatic nitrogens is 3. The molecule has 4 aromatic rings. The summed E-state index contributed by atoms with van der Waals surface area (Å²) in [5.74, 6) is 0.132. The van der Waals surface area contributed by atoms with Gasteiger partial charge in [-0.25, -0.2) is 9.37 Å². The molecule has 0 aliphatic heterocycles. The van der Waals surface area contributed by atoms with E-state index >= 15 is 0 Å². The Morgan fingerprint density at radius 2 is 1.94 bits per heavy atom. The topological polar surface area (TPSA) is 107 Å². The number of hydrogen-bond acceptors (Lipinski definition) is 7. The molecule has 34 heavy (non-hydrogen) atoms. The molecule has 0 fully saturated rings. The van der Waals surface area contributed by atoms with Gasteiger partial charge in [0.1, 0.15) is 23.4 Å². The molecule has 4 rings (SSSR count). The molecule has 0 saturated heterocycles. The van der Waals surface area contributed by atoms with Gasteiger partial charge in [0.2, 0.25) is 0 Å². The summed E-state index contributed by atoms with van der Waals surface area (Å²) >= 11 is 0. The maximum atomic E-state index is 13.5. The van der Waals surface area contributed by atoms with Gasteiger partial charge in [-0.15, -0.1) is 0 Å². The first-order valence-electron chi connectivity index (χ1n) is 10.9. The molecule has 2 heterocycles. The Hall–Kier alpha value is -3.85. The number of aliphatic hydroxyl groups excluding tert-OH is 1. The second-order valence-corrected chi connectivity index (χ2v) is 7.95. The van der Waals surface area contributed by atoms with Crippen molar-refractivity contribution < 1.29 is 23.6 Å². The molecule has 176 valence electrons. The highest BCUT2D eigenvalue weighted by molar-refractivity contribution is 5.83. The van der Waals surface area contributed by atoms with Crippen LogP contribution in [0.25, 0.3) is 27.8 Å². The van der Waals surface area contributed by atoms with Crippen LogP contribution in [0.3, 0.4) is 0 Å². The predicted octanol–water partition coefficient (Wildman–Crippen LogP) is 4.12. The Labute approximate surface area is 194 Å². The summed E-state index contributed by atoms with van der Waals surface area (Å²) in [6.07, 6.45) is 1.09. The van der Waals surface area contributed by atoms with Crippen molar-refractivity contribution in [3.8, 4) is 16.9 Å². The number of aliphatic hydroxyl groups is 1. The van der Waals surface area contributed by atoms with Crippen molar-refractivity contribution in [2.24, 2.45) is 0 Å². The summed E-state index contributed by atoms with van der Waals surface area (Å²) in [5.41, 5.74) is 1.90. The van der Waals surface area contributed by atoms with Gasteiger partial charge in [-0.05, 0) is 56.2 Å². The number of carbonyl (C=O) groups is 1. The molecule has 0 bridgehead atoms. The molecule has 0 amide bonds. The summed E-state index contributed by atoms with van der Waals surface area (Å²) in [5, 5.41) is 14.1. The van der Waals surface area contributed by atoms with Gasteiger partial charge in [-0.2, -0.15) is 0 Å². The molecule has 9 heteroatoms. The van der Waals surface area contributed by atoms with Gasteiger partial charge in [0.15, 0.2) is 5.76 Å². The second kappa shape index (κ2) is 9.96. The third kappa shape index (κ3) is 4.89. The van der Waals surface area contributed by atoms with Gasteiger partial charge in [-0.1, -0.05) is 11.2 Å². The van der Waals surface area contributed by atoms with E-state index in [2.05, 4.69) is 9.89 Å². The van der Waals surface area contributed by atoms with Crippen LogP contribution in [-0.4, -0.2) is 32.9 Å². The highest BCUT2D eigenvalue weighted by atomic mass is 19.1. The van der Waals surface area contributed by atoms with E-state index in [4.69, 9.17) is 9.51 Å². The molecular formula is C25H24FN3O5. The van der Waals surface area contributed by atoms with E-state index in [0.29, 0.717) is 58.7 Å². The van der Waals surface area contributed by atoms with Crippen LogP contribution < -0.4 is 5.56 Å². The SMILES string of the molecule is COC(=O)CCCCc1nc2cc(-c3cc(C(C)O)on3)ccc2c(=O)n1-c1ccc(F)cc1. The monoisotopic (exact) mass is 465 g/mol. The lowest BCUT2D eigenvalue weighted by atomic mass is 10.1. The molecule has 0 spiro atoms. The number of unbranched alkanes of at least 4 members (excludes halogenated alkanes) is 1. The van der Waals surface area contributed by atoms with E-state index in [9.17, 15) is 19.1 Å². The largest absolute Gasteiger partial charge is 0.469 e. The van der Waals surface area contributed by atoms with Crippen LogP contribution in [0, 0.1) is 5.82 Å². The molecule has 0 aliphatic carbocycles. The number of hydrogen-bond donors (Lipinski definition) is 1. The number of fused-ring (bicyclic) bond motifs is 1. The minimum atomic E-state index is -0.792. The van der Waals surface area contributed by atoms with Gasteiger partial charge in [0, 0.05) is 24.5 Å². The average molecular weight is 465 g/mol. The van der Waals surface area contributed by atoms with Crippen LogP contribution in [0.5, 0.6) is 0 Å². The minimum Gasteiger partial charge on any atom is -0.469 e. The smallest absolute Gasteiger partial charge is 0.305 e. The minimum absolute atomic E-state index is 0.271. The summed E-state index contributed by atoms with van der Waals surface area (Å²) in [6, 6.07) is 12.4. The highest BCUT2D eigenvalue weighted by Crippen LogP contribution is 2.25. The Balaban J connectivity index is 1.76. The standard InChI is InChI=1S/C25H24FN3O5/c1-15(30)22-14-20(28-34-22)16-7-12-19-21(13-16)27-23(5-3-4-6-24(31)33-2)29(25(19)32)18-10-8-17(26)9-11-18/h7-15,30H,3-6H2,1-2H3. The normalized spacial score (nSPS) is 12.1. The molecule has 1 N–H and O–H groups in total. The zero-order valence-electron chi connectivity index (χ0n) is 18.8. The highest BCUT2D eigenvalue weighted by Gasteiger charge is 2.16. The maximum absolute atomic E-state index is 13.5. The Bertz CT molecular complexity index is 1380. The van der Waals surface area contributed by atoms with E-state index in [1.165, 1.54) is 35.9 Å². The van der Waals surface area contributed by atoms with Crippen molar-refractivity contribution in [3.05, 3.63) is 76.3 Å². The van der Waals surface area contributed by atoms with Crippen LogP contribution in [0.2, 0.25) is 0 Å². The lowest BCUT2D eigenvalue weighted by molar-refractivity contribution is -0.140. The summed E-state index contributed by atoms with van der Waals surface area (Å²) in [6.45, 7) is 1.58. The predicted molar refractivity (Wildman–Crippen MR) is 123 cm³/mol. The van der Waals surface area contributed by atoms with Gasteiger partial charge in [-0.3, -0.25) is 14.2 Å². The van der Waals surface area contributed by atoms with Crippen LogP contribution in [0.1, 0.15) is 43.9 Å². The zero-order chi connectivity index (χ0) is 24.2. The number of halogens is 1. The van der Waals surface area contributed by atoms with Crippen molar-refractivity contribution in [1.82, 2.24) is 14.7 Å². The third-order valence-electron chi connectivity index (χ3n) is 5.52. The molecule has 0 aliphatic rings. The Morgan fingerprint density at radius 3 is 2.62 bits per heavy atom. The van der Waals surface area contributed by atoms with Crippen molar-refractivity contribution in [3.63, 3.8) is 0 Å². The third-order valence-corrected chi connectivity index (χ3v) is 5.52. The van der Waals surface area contributed by atoms with E-state index in [1.807, 2.05) is 0 Å². The first-order chi connectivity index (χ1) is 16.4. The van der Waals surface area contributed by atoms with E-state index in [0.717, 1.165) is 0 Å². The number of benzene rings is 2. The number of aryl methyl sites for hydroxylation is 1. The first-order valence-corrected chi connectivity index (χ1v) is 10.9. The van der Waals surface area contributed by atoms with Crippen LogP contribution in [0.15, 0.2) is 57.8 Å². The number of nitrogens with zero attached hydrogens (tertiary/aromatic N) is 3. The summed E-state index contributed by atoms with van der Waals surface area (Å²) in [7, 11) is 1.34. The van der Waals surface area contributed by atoms with Crippen molar-refractivity contribution in [2.45, 2.75) is 38.7 Å². The zero-order valence-corrected chi connectivity index (χ0v) is 18.8. The molecule has 2 aromatic carbocycles. The van der Waals surface area contributed by atoms with Gasteiger partial charge >= 0.3 is 5.97 Å². The molecule has 0 saturated carbocycles. The average Bonchev–Trinajstić information content (AvgIpc) is 3.33. The Kier molecular flexibility index (Phi) is 6.83. The van der Waals surface area contributed by atoms with Gasteiger partial charge in [0.25, 0.3) is 5.56 Å². The lowest BCUT2D eigenvalue weighted by Gasteiger charge is -2.14. The van der Waals surface area contributed by atoms with Gasteiger partial charge in [0.05, 0.1) is 23.7 Å². The van der Waals surface area contributed by atoms with E-state index < -0.39 is 11.9 Å². The van der Waals surface area contributed by atoms with E-state index in [-0.39, 0.29) is 17.9 Å². The van der Waals surface area contributed by atoms with Crippen LogP contribution >= 0.6 is 0 Å². The summed E-state index contributed by atoms with van der Waals surface area (Å²) in [4.78, 5) is 29.6. The number of esters is 1. The molecule has 1 unspecified atom stereocenters. The Morgan fingerprint density at radius 1 is 1.18 bits per heavy atom. The molecule has 2 aromatic heterocycles. The lowest BCUT2D eigenvalue weighted by Crippen LogP contribution is -2.24. The van der Waals surface area contributed by atoms with Crippen molar-refractivity contribution in [2.75, 3.05) is 7.11 Å². The molecular weight excluding hydrogens is 441 g/mol. The summed E-state index contributed by atoms with van der Waals surface area (Å²) < 4.78 is 24.8. The fourth-order valence-electron chi connectivity index (χ4n) is 3.69. The van der Waals surface area contributed by atoms with Crippen LogP contribution in [0.4, 0.5) is 4.39 Å².